The van der Waals surface area contributed by atoms with E-state index in [-0.39, 0.29) is 5.91 Å². The van der Waals surface area contributed by atoms with Crippen LogP contribution in [0.25, 0.3) is 16.8 Å². The van der Waals surface area contributed by atoms with Gasteiger partial charge in [0.1, 0.15) is 11.3 Å². The van der Waals surface area contributed by atoms with Gasteiger partial charge in [-0.15, -0.1) is 0 Å². The number of aromatic nitrogens is 2. The highest BCUT2D eigenvalue weighted by Crippen LogP contribution is 2.21. The van der Waals surface area contributed by atoms with E-state index in [1.54, 1.807) is 18.7 Å². The number of imidazole rings is 1. The number of hydrogen-bond donors (Lipinski definition) is 0. The third-order valence-electron chi connectivity index (χ3n) is 3.87. The summed E-state index contributed by atoms with van der Waals surface area (Å²) in [5.41, 5.74) is 3.28. The quantitative estimate of drug-likeness (QED) is 0.682. The Kier molecular flexibility index (Phi) is 3.04. The largest absolute Gasteiger partial charge is 0.472 e. The number of carbonyl (C=O) groups excluding carboxylic acids is 1. The molecule has 5 heteroatoms. The maximum Gasteiger partial charge on any atom is 0.274 e. The summed E-state index contributed by atoms with van der Waals surface area (Å²) in [5.74, 6) is -0.0158. The van der Waals surface area contributed by atoms with E-state index in [0.717, 1.165) is 29.7 Å². The van der Waals surface area contributed by atoms with Gasteiger partial charge < -0.3 is 13.7 Å². The van der Waals surface area contributed by atoms with Crippen molar-refractivity contribution in [3.05, 3.63) is 61.0 Å². The van der Waals surface area contributed by atoms with E-state index in [0.29, 0.717) is 12.2 Å². The van der Waals surface area contributed by atoms with Gasteiger partial charge >= 0.3 is 0 Å². The van der Waals surface area contributed by atoms with Crippen molar-refractivity contribution in [2.24, 2.45) is 0 Å². The lowest BCUT2D eigenvalue weighted by atomic mass is 10.1. The van der Waals surface area contributed by atoms with E-state index in [9.17, 15) is 4.79 Å². The first-order valence-electron chi connectivity index (χ1n) is 7.27. The third-order valence-corrected chi connectivity index (χ3v) is 3.87. The van der Waals surface area contributed by atoms with Crippen molar-refractivity contribution >= 4 is 11.6 Å². The van der Waals surface area contributed by atoms with Gasteiger partial charge in [-0.2, -0.15) is 0 Å². The lowest BCUT2D eigenvalue weighted by Gasteiger charge is -2.22. The van der Waals surface area contributed by atoms with E-state index in [4.69, 9.17) is 4.42 Å². The second kappa shape index (κ2) is 5.18. The Morgan fingerprint density at radius 1 is 1.14 bits per heavy atom. The number of amides is 1. The molecule has 0 unspecified atom stereocenters. The number of rotatable bonds is 2. The minimum Gasteiger partial charge on any atom is -0.472 e. The first kappa shape index (κ1) is 12.9. The molecule has 4 rings (SSSR count). The molecule has 0 aliphatic carbocycles. The number of fused-ring (bicyclic) bond motifs is 1. The molecular weight excluding hydrogens is 278 g/mol. The summed E-state index contributed by atoms with van der Waals surface area (Å²) in [6.45, 7) is 1.41. The molecule has 0 N–H and O–H groups in total. The molecule has 0 spiro atoms. The summed E-state index contributed by atoms with van der Waals surface area (Å²) >= 11 is 0. The molecule has 0 atom stereocenters. The van der Waals surface area contributed by atoms with Crippen LogP contribution in [0.1, 0.15) is 16.9 Å². The van der Waals surface area contributed by atoms with Crippen LogP contribution in [0.4, 0.5) is 0 Å². The zero-order valence-corrected chi connectivity index (χ0v) is 12.0. The summed E-state index contributed by atoms with van der Waals surface area (Å²) in [6.07, 6.45) is 12.1. The molecule has 1 amide bonds. The van der Waals surface area contributed by atoms with Crippen molar-refractivity contribution in [1.29, 1.82) is 0 Å². The van der Waals surface area contributed by atoms with E-state index in [2.05, 4.69) is 11.1 Å². The molecule has 0 aromatic carbocycles. The molecule has 3 aromatic heterocycles. The highest BCUT2D eigenvalue weighted by atomic mass is 16.3. The molecule has 0 fully saturated rings. The third kappa shape index (κ3) is 2.20. The SMILES string of the molecule is O=C(c1cn2cc(-c3ccoc3)ccc2n1)N1CC=CCC1. The lowest BCUT2D eigenvalue weighted by molar-refractivity contribution is 0.0766. The number of pyridine rings is 1. The smallest absolute Gasteiger partial charge is 0.274 e. The van der Waals surface area contributed by atoms with Gasteiger partial charge in [0.2, 0.25) is 0 Å². The van der Waals surface area contributed by atoms with Crippen LogP contribution in [-0.2, 0) is 0 Å². The molecule has 5 nitrogen and oxygen atoms in total. The predicted octanol–water partition coefficient (Wildman–Crippen LogP) is 3.00. The standard InChI is InChI=1S/C17H15N3O2/c21-17(19-7-2-1-3-8-19)15-11-20-10-13(4-5-16(20)18-15)14-6-9-22-12-14/h1-2,4-6,9-12H,3,7-8H2. The molecule has 1 aliphatic rings. The second-order valence-electron chi connectivity index (χ2n) is 5.33. The molecule has 3 aromatic rings. The van der Waals surface area contributed by atoms with Crippen LogP contribution in [0, 0.1) is 0 Å². The van der Waals surface area contributed by atoms with Crippen LogP contribution >= 0.6 is 0 Å². The van der Waals surface area contributed by atoms with Gasteiger partial charge in [0.05, 0.1) is 12.5 Å². The first-order chi connectivity index (χ1) is 10.8. The van der Waals surface area contributed by atoms with Crippen molar-refractivity contribution in [1.82, 2.24) is 14.3 Å². The van der Waals surface area contributed by atoms with Gasteiger partial charge in [-0.05, 0) is 24.6 Å². The van der Waals surface area contributed by atoms with Crippen LogP contribution in [0.2, 0.25) is 0 Å². The number of furan rings is 1. The van der Waals surface area contributed by atoms with Crippen LogP contribution < -0.4 is 0 Å². The zero-order chi connectivity index (χ0) is 14.9. The van der Waals surface area contributed by atoms with Gasteiger partial charge in [-0.25, -0.2) is 4.98 Å². The van der Waals surface area contributed by atoms with Crippen molar-refractivity contribution in [3.63, 3.8) is 0 Å². The van der Waals surface area contributed by atoms with E-state index < -0.39 is 0 Å². The highest BCUT2D eigenvalue weighted by molar-refractivity contribution is 5.93. The monoisotopic (exact) mass is 293 g/mol. The summed E-state index contributed by atoms with van der Waals surface area (Å²) in [6, 6.07) is 5.80. The normalized spacial score (nSPS) is 14.6. The Morgan fingerprint density at radius 2 is 2.09 bits per heavy atom. The zero-order valence-electron chi connectivity index (χ0n) is 12.0. The van der Waals surface area contributed by atoms with E-state index in [1.807, 2.05) is 39.8 Å². The average Bonchev–Trinajstić information content (AvgIpc) is 3.23. The Balaban J connectivity index is 1.68. The van der Waals surface area contributed by atoms with Gasteiger partial charge in [-0.1, -0.05) is 12.2 Å². The minimum atomic E-state index is -0.0158. The number of nitrogens with zero attached hydrogens (tertiary/aromatic N) is 3. The number of carbonyl (C=O) groups is 1. The molecule has 0 saturated carbocycles. The topological polar surface area (TPSA) is 50.8 Å². The summed E-state index contributed by atoms with van der Waals surface area (Å²) in [7, 11) is 0. The van der Waals surface area contributed by atoms with Gasteiger partial charge in [0.15, 0.2) is 0 Å². The Morgan fingerprint density at radius 3 is 2.86 bits per heavy atom. The van der Waals surface area contributed by atoms with Crippen molar-refractivity contribution in [2.75, 3.05) is 13.1 Å². The van der Waals surface area contributed by atoms with Crippen LogP contribution in [0.5, 0.6) is 0 Å². The molecule has 0 saturated heterocycles. The average molecular weight is 293 g/mol. The molecule has 110 valence electrons. The summed E-state index contributed by atoms with van der Waals surface area (Å²) in [5, 5.41) is 0. The number of hydrogen-bond acceptors (Lipinski definition) is 3. The fourth-order valence-corrected chi connectivity index (χ4v) is 2.68. The van der Waals surface area contributed by atoms with Crippen molar-refractivity contribution < 1.29 is 9.21 Å². The molecule has 22 heavy (non-hydrogen) atoms. The van der Waals surface area contributed by atoms with Crippen molar-refractivity contribution in [3.8, 4) is 11.1 Å². The predicted molar refractivity (Wildman–Crippen MR) is 82.6 cm³/mol. The fourth-order valence-electron chi connectivity index (χ4n) is 2.68. The van der Waals surface area contributed by atoms with Crippen LogP contribution in [-0.4, -0.2) is 33.3 Å². The fraction of sp³-hybridized carbons (Fsp3) is 0.176. The molecular formula is C17H15N3O2. The first-order valence-corrected chi connectivity index (χ1v) is 7.27. The molecule has 1 aliphatic heterocycles. The van der Waals surface area contributed by atoms with Crippen LogP contribution in [0.15, 0.2) is 59.7 Å². The summed E-state index contributed by atoms with van der Waals surface area (Å²) in [4.78, 5) is 18.7. The highest BCUT2D eigenvalue weighted by Gasteiger charge is 2.19. The Hall–Kier alpha value is -2.82. The Labute approximate surface area is 127 Å². The maximum absolute atomic E-state index is 12.5. The van der Waals surface area contributed by atoms with Crippen molar-refractivity contribution in [2.45, 2.75) is 6.42 Å². The van der Waals surface area contributed by atoms with Gasteiger partial charge in [0, 0.05) is 36.6 Å². The summed E-state index contributed by atoms with van der Waals surface area (Å²) < 4.78 is 7.00. The van der Waals surface area contributed by atoms with Gasteiger partial charge in [-0.3, -0.25) is 4.79 Å². The van der Waals surface area contributed by atoms with Crippen LogP contribution in [0.3, 0.4) is 0 Å². The minimum absolute atomic E-state index is 0.0158. The Bertz CT molecular complexity index is 846. The molecule has 0 bridgehead atoms. The second-order valence-corrected chi connectivity index (χ2v) is 5.33. The molecule has 4 heterocycles. The van der Waals surface area contributed by atoms with E-state index >= 15 is 0 Å². The molecule has 0 radical (unpaired) electrons. The van der Waals surface area contributed by atoms with Gasteiger partial charge in [0.25, 0.3) is 5.91 Å². The lowest BCUT2D eigenvalue weighted by Crippen LogP contribution is -2.33. The van der Waals surface area contributed by atoms with E-state index in [1.165, 1.54) is 0 Å². The maximum atomic E-state index is 12.5.